The van der Waals surface area contributed by atoms with Crippen LogP contribution < -0.4 is 14.2 Å². The molecule has 1 aliphatic heterocycles. The number of rotatable bonds is 12. The second-order valence-electron chi connectivity index (χ2n) is 10.9. The van der Waals surface area contributed by atoms with E-state index in [0.717, 1.165) is 33.9 Å². The van der Waals surface area contributed by atoms with Gasteiger partial charge in [-0.1, -0.05) is 55.5 Å². The fraction of sp³-hybridized carbons (Fsp3) is 0.361. The van der Waals surface area contributed by atoms with Crippen molar-refractivity contribution in [1.82, 2.24) is 0 Å². The normalized spacial score (nSPS) is 19.6. The minimum absolute atomic E-state index is 0.0118. The Balaban J connectivity index is 1.49. The zero-order valence-electron chi connectivity index (χ0n) is 25.7. The summed E-state index contributed by atoms with van der Waals surface area (Å²) in [7, 11) is 3.20. The number of carbonyl (C=O) groups is 2. The first-order chi connectivity index (χ1) is 21.4. The Bertz CT molecular complexity index is 1550. The van der Waals surface area contributed by atoms with Crippen LogP contribution in [0.25, 0.3) is 0 Å². The highest BCUT2D eigenvalue weighted by Gasteiger charge is 2.45. The van der Waals surface area contributed by atoms with Crippen LogP contribution in [-0.2, 0) is 20.9 Å². The van der Waals surface area contributed by atoms with Crippen molar-refractivity contribution in [3.8, 4) is 17.2 Å². The third-order valence-corrected chi connectivity index (χ3v) is 9.03. The number of nitrogens with zero attached hydrogens (tertiary/aromatic N) is 1. The number of hydrogen-bond acceptors (Lipinski definition) is 8. The number of thioether (sulfide) groups is 1. The fourth-order valence-corrected chi connectivity index (χ4v) is 6.53. The Morgan fingerprint density at radius 2 is 1.73 bits per heavy atom. The van der Waals surface area contributed by atoms with Gasteiger partial charge in [0.25, 0.3) is 0 Å². The van der Waals surface area contributed by atoms with Gasteiger partial charge < -0.3 is 18.9 Å². The molecule has 3 atom stereocenters. The Morgan fingerprint density at radius 3 is 2.48 bits per heavy atom. The third kappa shape index (κ3) is 7.02. The highest BCUT2D eigenvalue weighted by atomic mass is 32.2. The van der Waals surface area contributed by atoms with Crippen molar-refractivity contribution in [2.24, 2.45) is 10.9 Å². The molecule has 0 spiro atoms. The third-order valence-electron chi connectivity index (χ3n) is 8.16. The number of esters is 1. The van der Waals surface area contributed by atoms with Gasteiger partial charge in [-0.05, 0) is 66.0 Å². The number of ketones is 1. The van der Waals surface area contributed by atoms with Crippen molar-refractivity contribution in [3.63, 3.8) is 0 Å². The molecule has 0 saturated carbocycles. The van der Waals surface area contributed by atoms with Crippen LogP contribution in [-0.4, -0.2) is 49.8 Å². The van der Waals surface area contributed by atoms with Crippen LogP contribution in [0.2, 0.25) is 0 Å². The van der Waals surface area contributed by atoms with E-state index in [1.807, 2.05) is 79.7 Å². The summed E-state index contributed by atoms with van der Waals surface area (Å²) in [5.74, 6) is 1.93. The molecule has 0 amide bonds. The van der Waals surface area contributed by atoms with E-state index in [0.29, 0.717) is 54.6 Å². The number of ether oxygens (including phenoxy) is 4. The van der Waals surface area contributed by atoms with E-state index in [4.69, 9.17) is 23.9 Å². The summed E-state index contributed by atoms with van der Waals surface area (Å²) >= 11 is 1.72. The molecular formula is C36H39NO6S. The SMILES string of the molecule is CCSCCOC(=O)C1C(C)=NC2=C(C(=O)CC(c3ccc(OC)c(OC)c3)C2)C1c1cccc(OCc2ccccc2)c1. The quantitative estimate of drug-likeness (QED) is 0.158. The van der Waals surface area contributed by atoms with Gasteiger partial charge in [0.1, 0.15) is 24.9 Å². The van der Waals surface area contributed by atoms with Crippen molar-refractivity contribution in [2.45, 2.75) is 45.1 Å². The minimum atomic E-state index is -0.702. The summed E-state index contributed by atoms with van der Waals surface area (Å²) in [6, 6.07) is 23.4. The lowest BCUT2D eigenvalue weighted by Gasteiger charge is -2.36. The molecule has 1 heterocycles. The molecule has 44 heavy (non-hydrogen) atoms. The summed E-state index contributed by atoms with van der Waals surface area (Å²) in [5.41, 5.74) is 4.84. The molecule has 8 heteroatoms. The minimum Gasteiger partial charge on any atom is -0.493 e. The van der Waals surface area contributed by atoms with Gasteiger partial charge in [-0.2, -0.15) is 11.8 Å². The van der Waals surface area contributed by atoms with E-state index in [1.165, 1.54) is 0 Å². The standard InChI is InChI=1S/C36H39NO6S/c1-5-44-17-16-42-36(39)33-23(2)37-29-19-27(25-14-15-31(40-3)32(21-25)41-4)20-30(38)35(29)34(33)26-12-9-13-28(18-26)43-22-24-10-7-6-8-11-24/h6-15,18,21,27,33-34H,5,16-17,19-20,22H2,1-4H3. The van der Waals surface area contributed by atoms with Gasteiger partial charge >= 0.3 is 5.97 Å². The maximum atomic E-state index is 14.1. The number of benzene rings is 3. The highest BCUT2D eigenvalue weighted by molar-refractivity contribution is 7.99. The molecule has 0 fully saturated rings. The molecule has 3 unspecified atom stereocenters. The van der Waals surface area contributed by atoms with E-state index in [2.05, 4.69) is 6.92 Å². The molecule has 7 nitrogen and oxygen atoms in total. The van der Waals surface area contributed by atoms with Gasteiger partial charge in [0.15, 0.2) is 17.3 Å². The molecule has 0 N–H and O–H groups in total. The predicted octanol–water partition coefficient (Wildman–Crippen LogP) is 7.15. The Labute approximate surface area is 263 Å². The molecule has 1 aliphatic carbocycles. The van der Waals surface area contributed by atoms with Crippen LogP contribution >= 0.6 is 11.8 Å². The van der Waals surface area contributed by atoms with Gasteiger partial charge in [0.2, 0.25) is 0 Å². The van der Waals surface area contributed by atoms with Gasteiger partial charge in [-0.3, -0.25) is 14.6 Å². The molecule has 0 bridgehead atoms. The second-order valence-corrected chi connectivity index (χ2v) is 12.3. The van der Waals surface area contributed by atoms with Crippen LogP contribution in [0, 0.1) is 5.92 Å². The van der Waals surface area contributed by atoms with Crippen molar-refractivity contribution in [1.29, 1.82) is 0 Å². The lowest BCUT2D eigenvalue weighted by Crippen LogP contribution is -2.38. The van der Waals surface area contributed by atoms with E-state index in [1.54, 1.807) is 26.0 Å². The molecule has 2 aliphatic rings. The zero-order valence-corrected chi connectivity index (χ0v) is 26.5. The van der Waals surface area contributed by atoms with Crippen LogP contribution in [0.5, 0.6) is 17.2 Å². The summed E-state index contributed by atoms with van der Waals surface area (Å²) in [4.78, 5) is 32.6. The van der Waals surface area contributed by atoms with Crippen molar-refractivity contribution in [3.05, 3.63) is 101 Å². The van der Waals surface area contributed by atoms with Crippen LogP contribution in [0.3, 0.4) is 0 Å². The first kappa shape index (κ1) is 31.4. The van der Waals surface area contributed by atoms with Gasteiger partial charge in [-0.15, -0.1) is 0 Å². The van der Waals surface area contributed by atoms with Crippen LogP contribution in [0.15, 0.2) is 89.1 Å². The molecule has 3 aromatic carbocycles. The largest absolute Gasteiger partial charge is 0.493 e. The van der Waals surface area contributed by atoms with E-state index in [9.17, 15) is 9.59 Å². The van der Waals surface area contributed by atoms with Crippen LogP contribution in [0.4, 0.5) is 0 Å². The summed E-state index contributed by atoms with van der Waals surface area (Å²) in [6.07, 6.45) is 0.877. The number of methoxy groups -OCH3 is 2. The predicted molar refractivity (Wildman–Crippen MR) is 174 cm³/mol. The van der Waals surface area contributed by atoms with Crippen molar-refractivity contribution < 1.29 is 28.5 Å². The van der Waals surface area contributed by atoms with E-state index >= 15 is 0 Å². The second kappa shape index (κ2) is 14.6. The summed E-state index contributed by atoms with van der Waals surface area (Å²) < 4.78 is 22.8. The zero-order chi connectivity index (χ0) is 31.1. The Hall–Kier alpha value is -4.04. The maximum Gasteiger partial charge on any atom is 0.315 e. The number of hydrogen-bond donors (Lipinski definition) is 0. The maximum absolute atomic E-state index is 14.1. The molecule has 0 radical (unpaired) electrons. The van der Waals surface area contributed by atoms with Gasteiger partial charge in [-0.25, -0.2) is 0 Å². The van der Waals surface area contributed by atoms with E-state index < -0.39 is 11.8 Å². The number of aliphatic imine (C=N–C) groups is 1. The number of Topliss-reactive ketones (excluding diaryl/α,β-unsaturated/α-hetero) is 1. The molecule has 0 saturated heterocycles. The van der Waals surface area contributed by atoms with Gasteiger partial charge in [0, 0.05) is 35.1 Å². The van der Waals surface area contributed by atoms with Crippen molar-refractivity contribution in [2.75, 3.05) is 32.3 Å². The average Bonchev–Trinajstić information content (AvgIpc) is 3.05. The van der Waals surface area contributed by atoms with Crippen molar-refractivity contribution >= 4 is 29.2 Å². The first-order valence-corrected chi connectivity index (χ1v) is 16.1. The fourth-order valence-electron chi connectivity index (χ4n) is 6.04. The average molecular weight is 614 g/mol. The molecule has 0 aromatic heterocycles. The summed E-state index contributed by atoms with van der Waals surface area (Å²) in [6.45, 7) is 4.67. The Morgan fingerprint density at radius 1 is 0.932 bits per heavy atom. The molecule has 3 aromatic rings. The summed E-state index contributed by atoms with van der Waals surface area (Å²) in [5, 5.41) is 0. The van der Waals surface area contributed by atoms with Gasteiger partial charge in [0.05, 0.1) is 14.2 Å². The van der Waals surface area contributed by atoms with E-state index in [-0.39, 0.29) is 17.7 Å². The monoisotopic (exact) mass is 613 g/mol. The highest BCUT2D eigenvalue weighted by Crippen LogP contribution is 2.48. The van der Waals surface area contributed by atoms with Crippen LogP contribution in [0.1, 0.15) is 55.2 Å². The molecular weight excluding hydrogens is 574 g/mol. The first-order valence-electron chi connectivity index (χ1n) is 15.0. The topological polar surface area (TPSA) is 83.4 Å². The molecule has 5 rings (SSSR count). The number of allylic oxidation sites excluding steroid dienone is 2. The lowest BCUT2D eigenvalue weighted by molar-refractivity contribution is -0.145. The smallest absolute Gasteiger partial charge is 0.315 e. The Kier molecular flexibility index (Phi) is 10.4. The lowest BCUT2D eigenvalue weighted by atomic mass is 9.69. The number of carbonyl (C=O) groups excluding carboxylic acids is 2. The molecule has 230 valence electrons.